The minimum Gasteiger partial charge on any atom is -0.329 e. The molecule has 2 atom stereocenters. The zero-order valence-electron chi connectivity index (χ0n) is 5.85. The smallest absolute Gasteiger partial charge is 0.243 e. The zero-order chi connectivity index (χ0) is 7.72. The monoisotopic (exact) mass is 193 g/mol. The molecule has 0 radical (unpaired) electrons. The molecule has 0 aliphatic carbocycles. The van der Waals surface area contributed by atoms with Gasteiger partial charge < -0.3 is 10.6 Å². The van der Waals surface area contributed by atoms with Crippen LogP contribution in [-0.2, 0) is 4.79 Å². The van der Waals surface area contributed by atoms with Crippen LogP contribution in [0.2, 0.25) is 0 Å². The van der Waals surface area contributed by atoms with Gasteiger partial charge >= 0.3 is 0 Å². The second kappa shape index (κ2) is 3.81. The van der Waals surface area contributed by atoms with E-state index in [4.69, 9.17) is 11.0 Å². The van der Waals surface area contributed by atoms with Gasteiger partial charge in [-0.3, -0.25) is 4.79 Å². The molecule has 1 rings (SSSR count). The van der Waals surface area contributed by atoms with E-state index in [-0.39, 0.29) is 23.7 Å². The molecule has 0 bridgehead atoms. The van der Waals surface area contributed by atoms with Crippen LogP contribution in [-0.4, -0.2) is 29.3 Å². The van der Waals surface area contributed by atoms with E-state index in [9.17, 15) is 4.79 Å². The fraction of sp³-hybridized carbons (Fsp3) is 0.600. The van der Waals surface area contributed by atoms with Crippen LogP contribution in [0.1, 0.15) is 0 Å². The molecule has 1 amide bonds. The highest BCUT2D eigenvalue weighted by Crippen LogP contribution is 2.25. The minimum absolute atomic E-state index is 0. The molecule has 0 aromatic carbocycles. The number of likely N-dealkylation sites (tertiary alicyclic amines) is 1. The molecule has 6 heteroatoms. The average Bonchev–Trinajstić information content (AvgIpc) is 1.98. The summed E-state index contributed by atoms with van der Waals surface area (Å²) in [5, 5.41) is 10.00. The lowest BCUT2D eigenvalue weighted by molar-refractivity contribution is -0.141. The topological polar surface area (TPSA) is 70.1 Å². The van der Waals surface area contributed by atoms with E-state index in [1.54, 1.807) is 7.05 Å². The van der Waals surface area contributed by atoms with Gasteiger partial charge in [0.15, 0.2) is 0 Å². The summed E-state index contributed by atoms with van der Waals surface area (Å²) in [6.45, 7) is 0. The van der Waals surface area contributed by atoms with Gasteiger partial charge in [0.05, 0.1) is 0 Å². The molecule has 0 aromatic rings. The molecule has 62 valence electrons. The van der Waals surface area contributed by atoms with Gasteiger partial charge in [-0.05, 0) is 11.8 Å². The summed E-state index contributed by atoms with van der Waals surface area (Å²) in [6, 6.07) is -0.477. The third kappa shape index (κ3) is 1.59. The fourth-order valence-electron chi connectivity index (χ4n) is 0.848. The first-order chi connectivity index (χ1) is 4.68. The van der Waals surface area contributed by atoms with E-state index in [1.165, 1.54) is 4.90 Å². The van der Waals surface area contributed by atoms with Crippen LogP contribution in [0.4, 0.5) is 0 Å². The van der Waals surface area contributed by atoms with Gasteiger partial charge in [-0.2, -0.15) is 5.26 Å². The van der Waals surface area contributed by atoms with Gasteiger partial charge in [0.1, 0.15) is 16.8 Å². The van der Waals surface area contributed by atoms with Gasteiger partial charge in [-0.1, -0.05) is 0 Å². The molecule has 1 heterocycles. The van der Waals surface area contributed by atoms with Crippen molar-refractivity contribution in [2.75, 3.05) is 7.05 Å². The van der Waals surface area contributed by atoms with Crippen molar-refractivity contribution in [1.82, 2.24) is 4.90 Å². The van der Waals surface area contributed by atoms with Gasteiger partial charge in [0, 0.05) is 7.05 Å². The van der Waals surface area contributed by atoms with E-state index in [2.05, 4.69) is 0 Å². The molecule has 2 N–H and O–H groups in total. The van der Waals surface area contributed by atoms with E-state index in [0.29, 0.717) is 0 Å². The van der Waals surface area contributed by atoms with Crippen LogP contribution >= 0.6 is 24.2 Å². The maximum Gasteiger partial charge on any atom is 0.243 e. The predicted octanol–water partition coefficient (Wildman–Crippen LogP) is -0.252. The lowest BCUT2D eigenvalue weighted by Crippen LogP contribution is -2.65. The molecular formula is C5H8ClN3OS. The quantitative estimate of drug-likeness (QED) is 0.461. The molecule has 1 aliphatic heterocycles. The SMILES string of the molecule is CN1C(=O)C(N)C1SC#N.Cl. The summed E-state index contributed by atoms with van der Waals surface area (Å²) >= 11 is 1.02. The minimum atomic E-state index is -0.477. The Labute approximate surface area is 75.1 Å². The molecule has 1 fully saturated rings. The van der Waals surface area contributed by atoms with E-state index in [1.807, 2.05) is 5.40 Å². The Morgan fingerprint density at radius 1 is 1.82 bits per heavy atom. The Morgan fingerprint density at radius 2 is 2.36 bits per heavy atom. The number of likely N-dealkylation sites (N-methyl/N-ethyl adjacent to an activating group) is 1. The third-order valence-electron chi connectivity index (χ3n) is 1.50. The Balaban J connectivity index is 0.000001000. The third-order valence-corrected chi connectivity index (χ3v) is 2.45. The molecule has 4 nitrogen and oxygen atoms in total. The summed E-state index contributed by atoms with van der Waals surface area (Å²) in [7, 11) is 1.64. The molecule has 0 saturated carbocycles. The Kier molecular flexibility index (Phi) is 3.66. The molecule has 0 spiro atoms. The van der Waals surface area contributed by atoms with Crippen LogP contribution in [0.25, 0.3) is 0 Å². The van der Waals surface area contributed by atoms with Crippen molar-refractivity contribution in [3.05, 3.63) is 0 Å². The first-order valence-electron chi connectivity index (χ1n) is 2.75. The number of carbonyl (C=O) groups is 1. The van der Waals surface area contributed by atoms with E-state index in [0.717, 1.165) is 11.8 Å². The van der Waals surface area contributed by atoms with Gasteiger partial charge in [-0.25, -0.2) is 0 Å². The van der Waals surface area contributed by atoms with Crippen molar-refractivity contribution in [3.63, 3.8) is 0 Å². The van der Waals surface area contributed by atoms with E-state index >= 15 is 0 Å². The number of β-lactam (4-membered cyclic amide) rings is 1. The maximum atomic E-state index is 10.7. The predicted molar refractivity (Wildman–Crippen MR) is 45.0 cm³/mol. The lowest BCUT2D eigenvalue weighted by atomic mass is 10.1. The fourth-order valence-corrected chi connectivity index (χ4v) is 1.48. The van der Waals surface area contributed by atoms with Crippen LogP contribution in [0.15, 0.2) is 0 Å². The number of thioether (sulfide) groups is 1. The average molecular weight is 194 g/mol. The number of nitrogens with zero attached hydrogens (tertiary/aromatic N) is 2. The first kappa shape index (κ1) is 10.6. The highest BCUT2D eigenvalue weighted by Gasteiger charge is 2.42. The van der Waals surface area contributed by atoms with Crippen LogP contribution in [0.3, 0.4) is 0 Å². The molecule has 2 unspecified atom stereocenters. The number of hydrogen-bond acceptors (Lipinski definition) is 4. The van der Waals surface area contributed by atoms with Crippen molar-refractivity contribution in [2.24, 2.45) is 5.73 Å². The van der Waals surface area contributed by atoms with Crippen LogP contribution in [0, 0.1) is 10.7 Å². The van der Waals surface area contributed by atoms with Gasteiger partial charge in [-0.15, -0.1) is 12.4 Å². The van der Waals surface area contributed by atoms with Crippen molar-refractivity contribution < 1.29 is 4.79 Å². The first-order valence-corrected chi connectivity index (χ1v) is 3.63. The molecule has 1 aliphatic rings. The maximum absolute atomic E-state index is 10.7. The Bertz CT molecular complexity index is 192. The van der Waals surface area contributed by atoms with Gasteiger partial charge in [0.25, 0.3) is 0 Å². The Hall–Kier alpha value is -0.440. The second-order valence-corrected chi connectivity index (χ2v) is 2.98. The summed E-state index contributed by atoms with van der Waals surface area (Å²) in [4.78, 5) is 12.2. The van der Waals surface area contributed by atoms with Gasteiger partial charge in [0.2, 0.25) is 5.91 Å². The number of hydrogen-bond donors (Lipinski definition) is 1. The molecule has 0 aromatic heterocycles. The number of nitrogens with two attached hydrogens (primary N) is 1. The number of nitriles is 1. The number of halogens is 1. The van der Waals surface area contributed by atoms with Crippen molar-refractivity contribution >= 4 is 30.1 Å². The Morgan fingerprint density at radius 3 is 2.73 bits per heavy atom. The summed E-state index contributed by atoms with van der Waals surface area (Å²) in [6.07, 6.45) is 0. The molecule has 1 saturated heterocycles. The highest BCUT2D eigenvalue weighted by molar-refractivity contribution is 8.04. The largest absolute Gasteiger partial charge is 0.329 e. The standard InChI is InChI=1S/C5H7N3OS.ClH/c1-8-4(9)3(7)5(8)10-2-6;/h3,5H,7H2,1H3;1H. The summed E-state index contributed by atoms with van der Waals surface area (Å²) < 4.78 is 0. The second-order valence-electron chi connectivity index (χ2n) is 2.07. The van der Waals surface area contributed by atoms with Crippen molar-refractivity contribution in [1.29, 1.82) is 5.26 Å². The van der Waals surface area contributed by atoms with Crippen molar-refractivity contribution in [2.45, 2.75) is 11.4 Å². The highest BCUT2D eigenvalue weighted by atomic mass is 35.5. The zero-order valence-corrected chi connectivity index (χ0v) is 7.48. The molecular weight excluding hydrogens is 186 g/mol. The lowest BCUT2D eigenvalue weighted by Gasteiger charge is -2.40. The number of amides is 1. The number of rotatable bonds is 1. The number of carbonyl (C=O) groups excluding carboxylic acids is 1. The van der Waals surface area contributed by atoms with Crippen LogP contribution in [0.5, 0.6) is 0 Å². The van der Waals surface area contributed by atoms with Crippen molar-refractivity contribution in [3.8, 4) is 5.40 Å². The normalized spacial score (nSPS) is 28.5. The summed E-state index contributed by atoms with van der Waals surface area (Å²) in [5.41, 5.74) is 5.38. The van der Waals surface area contributed by atoms with Crippen LogP contribution < -0.4 is 5.73 Å². The number of thiocyanates is 1. The molecule has 11 heavy (non-hydrogen) atoms. The van der Waals surface area contributed by atoms with E-state index < -0.39 is 6.04 Å². The summed E-state index contributed by atoms with van der Waals surface area (Å²) in [5.74, 6) is -0.0900.